The second kappa shape index (κ2) is 3.02. The van der Waals surface area contributed by atoms with Crippen molar-refractivity contribution in [3.05, 3.63) is 40.1 Å². The molecule has 0 bridgehead atoms. The van der Waals surface area contributed by atoms with Crippen LogP contribution >= 0.6 is 11.6 Å². The molecule has 0 fully saturated rings. The number of aromatic amines is 1. The van der Waals surface area contributed by atoms with Crippen molar-refractivity contribution in [2.45, 2.75) is 0 Å². The van der Waals surface area contributed by atoms with E-state index in [1.807, 2.05) is 0 Å². The maximum atomic E-state index is 10.7. The van der Waals surface area contributed by atoms with Crippen LogP contribution < -0.4 is 10.3 Å². The number of hydrogen-bond acceptors (Lipinski definition) is 3. The monoisotopic (exact) mass is 198 g/mol. The Morgan fingerprint density at radius 3 is 2.92 bits per heavy atom. The Hall–Kier alpha value is -1.62. The van der Waals surface area contributed by atoms with E-state index in [0.717, 1.165) is 0 Å². The number of H-pyrrole nitrogens is 1. The van der Waals surface area contributed by atoms with Gasteiger partial charge in [-0.3, -0.25) is 4.52 Å². The van der Waals surface area contributed by atoms with E-state index >= 15 is 0 Å². The molecule has 2 heterocycles. The van der Waals surface area contributed by atoms with Crippen LogP contribution in [0.1, 0.15) is 0 Å². The van der Waals surface area contributed by atoms with Gasteiger partial charge in [0.05, 0.1) is 0 Å². The summed E-state index contributed by atoms with van der Waals surface area (Å²) in [6, 6.07) is 3.33. The van der Waals surface area contributed by atoms with Crippen LogP contribution in [0.5, 0.6) is 0 Å². The highest BCUT2D eigenvalue weighted by atomic mass is 35.5. The van der Waals surface area contributed by atoms with Crippen molar-refractivity contribution in [3.63, 3.8) is 0 Å². The zero-order valence-electron chi connectivity index (χ0n) is 6.40. The van der Waals surface area contributed by atoms with Gasteiger partial charge in [-0.05, 0) is 16.0 Å². The third kappa shape index (κ3) is 1.59. The minimum atomic E-state index is -0.449. The lowest BCUT2D eigenvalue weighted by Gasteiger charge is -1.87. The average molecular weight is 199 g/mol. The normalized spacial score (nSPS) is 10.2. The quantitative estimate of drug-likeness (QED) is 0.529. The zero-order chi connectivity index (χ0) is 9.26. The molecule has 0 radical (unpaired) electrons. The van der Waals surface area contributed by atoms with Gasteiger partial charge in [0.2, 0.25) is 0 Å². The lowest BCUT2D eigenvalue weighted by atomic mass is 10.4. The van der Waals surface area contributed by atoms with Crippen LogP contribution in [0, 0.1) is 0 Å². The largest absolute Gasteiger partial charge is 0.427 e. The second-order valence-corrected chi connectivity index (χ2v) is 2.74. The molecule has 0 aliphatic rings. The smallest absolute Gasteiger partial charge is 0.283 e. The number of nitrogens with one attached hydrogen (secondary N) is 1. The first-order valence-electron chi connectivity index (χ1n) is 3.48. The van der Waals surface area contributed by atoms with Gasteiger partial charge in [0, 0.05) is 6.07 Å². The number of nitrogens with zero attached hydrogens (tertiary/aromatic N) is 2. The van der Waals surface area contributed by atoms with E-state index in [9.17, 15) is 4.79 Å². The van der Waals surface area contributed by atoms with Gasteiger partial charge in [0.15, 0.2) is 0 Å². The maximum Gasteiger partial charge on any atom is 0.427 e. The molecule has 66 valence electrons. The highest BCUT2D eigenvalue weighted by Crippen LogP contribution is 2.03. The molecule has 0 unspecified atom stereocenters. The van der Waals surface area contributed by atoms with Crippen molar-refractivity contribution >= 4 is 11.6 Å². The summed E-state index contributed by atoms with van der Waals surface area (Å²) < 4.78 is 5.88. The number of pyridine rings is 1. The molecular formula is C7H5ClN3O2+. The van der Waals surface area contributed by atoms with E-state index in [1.54, 1.807) is 12.1 Å². The van der Waals surface area contributed by atoms with Crippen LogP contribution in [0.15, 0.2) is 33.8 Å². The third-order valence-corrected chi connectivity index (χ3v) is 1.69. The van der Waals surface area contributed by atoms with Crippen LogP contribution in [0.25, 0.3) is 5.69 Å². The van der Waals surface area contributed by atoms with Crippen molar-refractivity contribution < 1.29 is 9.20 Å². The summed E-state index contributed by atoms with van der Waals surface area (Å²) in [4.78, 5) is 14.5. The Morgan fingerprint density at radius 2 is 2.38 bits per heavy atom. The first-order chi connectivity index (χ1) is 6.25. The van der Waals surface area contributed by atoms with Gasteiger partial charge in [0.1, 0.15) is 11.3 Å². The first kappa shape index (κ1) is 8.00. The number of hydrogen-bond donors (Lipinski definition) is 1. The van der Waals surface area contributed by atoms with E-state index in [4.69, 9.17) is 11.6 Å². The summed E-state index contributed by atoms with van der Waals surface area (Å²) in [5, 5.41) is 2.79. The van der Waals surface area contributed by atoms with Crippen LogP contribution in [0.2, 0.25) is 5.15 Å². The van der Waals surface area contributed by atoms with Gasteiger partial charge in [-0.1, -0.05) is 11.6 Å². The van der Waals surface area contributed by atoms with Gasteiger partial charge >= 0.3 is 5.63 Å². The highest BCUT2D eigenvalue weighted by molar-refractivity contribution is 6.29. The van der Waals surface area contributed by atoms with E-state index in [1.165, 1.54) is 17.1 Å². The summed E-state index contributed by atoms with van der Waals surface area (Å²) in [5.74, 6) is 0. The Morgan fingerprint density at radius 1 is 1.54 bits per heavy atom. The third-order valence-electron chi connectivity index (χ3n) is 1.47. The molecule has 5 nitrogen and oxygen atoms in total. The minimum absolute atomic E-state index is 0.398. The molecule has 2 aromatic rings. The van der Waals surface area contributed by atoms with Crippen molar-refractivity contribution in [3.8, 4) is 5.69 Å². The molecule has 13 heavy (non-hydrogen) atoms. The number of rotatable bonds is 1. The first-order valence-corrected chi connectivity index (χ1v) is 3.85. The summed E-state index contributed by atoms with van der Waals surface area (Å²) in [5.41, 5.74) is 0.227. The van der Waals surface area contributed by atoms with Gasteiger partial charge in [0.25, 0.3) is 11.9 Å². The molecule has 0 aliphatic heterocycles. The molecule has 1 N–H and O–H groups in total. The molecule has 0 aliphatic carbocycles. The zero-order valence-corrected chi connectivity index (χ0v) is 7.15. The summed E-state index contributed by atoms with van der Waals surface area (Å²) >= 11 is 5.59. The standard InChI is InChI=1S/C7H4ClN3O2/c8-6-2-1-5(3-9-6)11-4-7(12)13-10-11/h1-4H/p+1. The fourth-order valence-corrected chi connectivity index (χ4v) is 1.00. The Kier molecular flexibility index (Phi) is 1.86. The van der Waals surface area contributed by atoms with Gasteiger partial charge in [-0.25, -0.2) is 9.78 Å². The molecule has 2 rings (SSSR count). The lowest BCUT2D eigenvalue weighted by molar-refractivity contribution is -0.670. The molecular weight excluding hydrogens is 194 g/mol. The average Bonchev–Trinajstić information content (AvgIpc) is 2.53. The van der Waals surface area contributed by atoms with Gasteiger partial charge in [-0.2, -0.15) is 0 Å². The molecule has 0 atom stereocenters. The molecule has 6 heteroatoms. The predicted octanol–water partition coefficient (Wildman–Crippen LogP) is 0.293. The maximum absolute atomic E-state index is 10.7. The molecule has 0 saturated heterocycles. The van der Waals surface area contributed by atoms with Crippen LogP contribution in [-0.2, 0) is 0 Å². The fraction of sp³-hybridized carbons (Fsp3) is 0. The number of aromatic nitrogens is 3. The highest BCUT2D eigenvalue weighted by Gasteiger charge is 2.09. The number of halogens is 1. The van der Waals surface area contributed by atoms with E-state index in [2.05, 4.69) is 14.8 Å². The fourth-order valence-electron chi connectivity index (χ4n) is 0.890. The Labute approximate surface area is 77.5 Å². The predicted molar refractivity (Wildman–Crippen MR) is 43.7 cm³/mol. The SMILES string of the molecule is O=c1c[n+](-c2ccc(Cl)nc2)[nH]o1. The Balaban J connectivity index is 2.47. The van der Waals surface area contributed by atoms with Crippen molar-refractivity contribution in [1.29, 1.82) is 0 Å². The summed E-state index contributed by atoms with van der Waals surface area (Å²) in [7, 11) is 0. The van der Waals surface area contributed by atoms with E-state index in [-0.39, 0.29) is 0 Å². The Bertz CT molecular complexity index is 459. The van der Waals surface area contributed by atoms with E-state index in [0.29, 0.717) is 10.8 Å². The van der Waals surface area contributed by atoms with Crippen molar-refractivity contribution in [2.24, 2.45) is 0 Å². The minimum Gasteiger partial charge on any atom is -0.283 e. The lowest BCUT2D eigenvalue weighted by Crippen LogP contribution is -2.32. The molecule has 0 aromatic carbocycles. The topological polar surface area (TPSA) is 62.8 Å². The summed E-state index contributed by atoms with van der Waals surface area (Å²) in [6.07, 6.45) is 2.79. The second-order valence-electron chi connectivity index (χ2n) is 2.35. The molecule has 0 amide bonds. The molecule has 0 spiro atoms. The summed E-state index contributed by atoms with van der Waals surface area (Å²) in [6.45, 7) is 0. The van der Waals surface area contributed by atoms with Gasteiger partial charge < -0.3 is 0 Å². The van der Waals surface area contributed by atoms with E-state index < -0.39 is 5.63 Å². The van der Waals surface area contributed by atoms with Crippen molar-refractivity contribution in [2.75, 3.05) is 0 Å². The van der Waals surface area contributed by atoms with Gasteiger partial charge in [-0.15, -0.1) is 0 Å². The van der Waals surface area contributed by atoms with Crippen LogP contribution in [-0.4, -0.2) is 10.3 Å². The molecule has 2 aromatic heterocycles. The molecule has 0 saturated carbocycles. The van der Waals surface area contributed by atoms with Crippen molar-refractivity contribution in [1.82, 2.24) is 10.3 Å². The van der Waals surface area contributed by atoms with Crippen LogP contribution in [0.3, 0.4) is 0 Å². The van der Waals surface area contributed by atoms with Crippen LogP contribution in [0.4, 0.5) is 0 Å².